The Kier molecular flexibility index (Phi) is 5.82. The second-order valence-electron chi connectivity index (χ2n) is 6.07. The molecule has 124 valence electrons. The number of hydrogen-bond acceptors (Lipinski definition) is 3. The summed E-state index contributed by atoms with van der Waals surface area (Å²) >= 11 is 0. The molecular weight excluding hydrogens is 302 g/mol. The highest BCUT2D eigenvalue weighted by atomic mass is 32.2. The number of carbonyl (C=O) groups excluding carboxylic acids is 1. The van der Waals surface area contributed by atoms with E-state index in [9.17, 15) is 13.2 Å². The van der Waals surface area contributed by atoms with Crippen molar-refractivity contribution in [3.63, 3.8) is 0 Å². The van der Waals surface area contributed by atoms with Crippen molar-refractivity contribution in [3.8, 4) is 0 Å². The van der Waals surface area contributed by atoms with Gasteiger partial charge in [0.15, 0.2) is 0 Å². The predicted molar refractivity (Wildman–Crippen MR) is 90.8 cm³/mol. The lowest BCUT2D eigenvalue weighted by atomic mass is 9.90. The highest BCUT2D eigenvalue weighted by Gasteiger charge is 2.18. The van der Waals surface area contributed by atoms with Crippen LogP contribution in [0.25, 0.3) is 0 Å². The van der Waals surface area contributed by atoms with E-state index in [-0.39, 0.29) is 11.4 Å². The number of rotatable bonds is 6. The summed E-state index contributed by atoms with van der Waals surface area (Å²) in [6, 6.07) is 6.43. The summed E-state index contributed by atoms with van der Waals surface area (Å²) in [4.78, 5) is 12.0. The van der Waals surface area contributed by atoms with Crippen LogP contribution >= 0.6 is 0 Å². The normalized spacial score (nSPS) is 11.9. The third kappa shape index (κ3) is 5.22. The number of benzene rings is 1. The van der Waals surface area contributed by atoms with Crippen LogP contribution in [-0.4, -0.2) is 34.3 Å². The molecule has 0 aliphatic carbocycles. The lowest BCUT2D eigenvalue weighted by Gasteiger charge is -2.24. The predicted octanol–water partition coefficient (Wildman–Crippen LogP) is 2.64. The molecule has 6 nitrogen and oxygen atoms in total. The molecule has 0 aliphatic rings. The summed E-state index contributed by atoms with van der Waals surface area (Å²) in [6.45, 7) is 6.74. The number of para-hydroxylation sites is 2. The lowest BCUT2D eigenvalue weighted by Crippen LogP contribution is -2.37. The maximum atomic E-state index is 12.0. The van der Waals surface area contributed by atoms with E-state index in [4.69, 9.17) is 0 Å². The zero-order valence-corrected chi connectivity index (χ0v) is 14.6. The Hall–Kier alpha value is -1.76. The molecule has 0 unspecified atom stereocenters. The van der Waals surface area contributed by atoms with Gasteiger partial charge in [0.25, 0.3) is 0 Å². The Bertz CT molecular complexity index is 627. The number of hydrogen-bond donors (Lipinski definition) is 2. The summed E-state index contributed by atoms with van der Waals surface area (Å²) in [6.07, 6.45) is 2.06. The van der Waals surface area contributed by atoms with Crippen molar-refractivity contribution in [3.05, 3.63) is 24.3 Å². The number of carbonyl (C=O) groups is 1. The Morgan fingerprint density at radius 2 is 1.86 bits per heavy atom. The van der Waals surface area contributed by atoms with Gasteiger partial charge in [-0.05, 0) is 24.0 Å². The van der Waals surface area contributed by atoms with Crippen LogP contribution in [0.4, 0.5) is 16.2 Å². The molecule has 0 saturated carbocycles. The first kappa shape index (κ1) is 18.3. The zero-order chi connectivity index (χ0) is 17.0. The van der Waals surface area contributed by atoms with Crippen molar-refractivity contribution in [2.24, 2.45) is 5.41 Å². The highest BCUT2D eigenvalue weighted by molar-refractivity contribution is 7.92. The first-order valence-electron chi connectivity index (χ1n) is 7.14. The van der Waals surface area contributed by atoms with Crippen LogP contribution in [0.1, 0.15) is 27.2 Å². The number of nitrogens with zero attached hydrogens (tertiary/aromatic N) is 1. The van der Waals surface area contributed by atoms with Crippen LogP contribution in [0.2, 0.25) is 0 Å². The van der Waals surface area contributed by atoms with Gasteiger partial charge in [-0.3, -0.25) is 4.31 Å². The molecule has 0 aliphatic heterocycles. The molecule has 0 saturated heterocycles. The fourth-order valence-electron chi connectivity index (χ4n) is 1.64. The van der Waals surface area contributed by atoms with Gasteiger partial charge in [0.2, 0.25) is 10.0 Å². The van der Waals surface area contributed by atoms with Gasteiger partial charge in [0.1, 0.15) is 0 Å². The molecular formula is C15H25N3O3S. The second kappa shape index (κ2) is 7.00. The van der Waals surface area contributed by atoms with Crippen LogP contribution < -0.4 is 14.9 Å². The maximum Gasteiger partial charge on any atom is 0.319 e. The van der Waals surface area contributed by atoms with Crippen LogP contribution in [-0.2, 0) is 10.0 Å². The van der Waals surface area contributed by atoms with Crippen molar-refractivity contribution in [2.75, 3.05) is 29.5 Å². The van der Waals surface area contributed by atoms with E-state index in [2.05, 4.69) is 31.4 Å². The number of nitrogens with one attached hydrogen (secondary N) is 2. The number of anilines is 2. The van der Waals surface area contributed by atoms with Crippen LogP contribution in [0.15, 0.2) is 24.3 Å². The summed E-state index contributed by atoms with van der Waals surface area (Å²) < 4.78 is 24.5. The summed E-state index contributed by atoms with van der Waals surface area (Å²) in [5, 5.41) is 5.51. The van der Waals surface area contributed by atoms with E-state index in [0.29, 0.717) is 17.9 Å². The Labute approximate surface area is 132 Å². The molecule has 0 bridgehead atoms. The molecule has 0 atom stereocenters. The summed E-state index contributed by atoms with van der Waals surface area (Å²) in [7, 11) is -1.94. The molecule has 0 aromatic heterocycles. The quantitative estimate of drug-likeness (QED) is 0.843. The average molecular weight is 327 g/mol. The summed E-state index contributed by atoms with van der Waals surface area (Å²) in [5.41, 5.74) is 0.887. The molecule has 1 aromatic carbocycles. The molecule has 1 aromatic rings. The monoisotopic (exact) mass is 327 g/mol. The van der Waals surface area contributed by atoms with Crippen LogP contribution in [0.5, 0.6) is 0 Å². The molecule has 7 heteroatoms. The van der Waals surface area contributed by atoms with E-state index in [1.54, 1.807) is 24.3 Å². The van der Waals surface area contributed by atoms with E-state index >= 15 is 0 Å². The van der Waals surface area contributed by atoms with E-state index in [1.807, 2.05) is 0 Å². The van der Waals surface area contributed by atoms with E-state index in [0.717, 1.165) is 17.0 Å². The standard InChI is InChI=1S/C15H25N3O3S/c1-6-15(2,3)11-16-14(19)17-12-9-7-8-10-13(12)18(4)22(5,20)21/h7-10H,6,11H2,1-5H3,(H2,16,17,19). The minimum Gasteiger partial charge on any atom is -0.337 e. The van der Waals surface area contributed by atoms with E-state index < -0.39 is 10.0 Å². The van der Waals surface area contributed by atoms with Gasteiger partial charge >= 0.3 is 6.03 Å². The second-order valence-corrected chi connectivity index (χ2v) is 8.09. The first-order valence-corrected chi connectivity index (χ1v) is 8.99. The maximum absolute atomic E-state index is 12.0. The molecule has 2 N–H and O–H groups in total. The molecule has 22 heavy (non-hydrogen) atoms. The minimum atomic E-state index is -3.39. The SMILES string of the molecule is CCC(C)(C)CNC(=O)Nc1ccccc1N(C)S(C)(=O)=O. The van der Waals surface area contributed by atoms with Gasteiger partial charge in [-0.15, -0.1) is 0 Å². The molecule has 0 fully saturated rings. The molecule has 2 amide bonds. The molecule has 0 spiro atoms. The van der Waals surface area contributed by atoms with Gasteiger partial charge in [0.05, 0.1) is 17.6 Å². The van der Waals surface area contributed by atoms with Crippen molar-refractivity contribution in [1.82, 2.24) is 5.32 Å². The van der Waals surface area contributed by atoms with Crippen molar-refractivity contribution >= 4 is 27.4 Å². The van der Waals surface area contributed by atoms with Crippen LogP contribution in [0, 0.1) is 5.41 Å². The lowest BCUT2D eigenvalue weighted by molar-refractivity contribution is 0.244. The number of urea groups is 1. The van der Waals surface area contributed by atoms with Crippen LogP contribution in [0.3, 0.4) is 0 Å². The third-order valence-electron chi connectivity index (χ3n) is 3.67. The highest BCUT2D eigenvalue weighted by Crippen LogP contribution is 2.26. The van der Waals surface area contributed by atoms with Gasteiger partial charge < -0.3 is 10.6 Å². The zero-order valence-electron chi connectivity index (χ0n) is 13.8. The molecule has 0 heterocycles. The third-order valence-corrected chi connectivity index (χ3v) is 4.87. The summed E-state index contributed by atoms with van der Waals surface area (Å²) in [5.74, 6) is 0. The fraction of sp³-hybridized carbons (Fsp3) is 0.533. The van der Waals surface area contributed by atoms with Gasteiger partial charge in [-0.25, -0.2) is 13.2 Å². The first-order chi connectivity index (χ1) is 10.1. The largest absolute Gasteiger partial charge is 0.337 e. The van der Waals surface area contributed by atoms with Crippen molar-refractivity contribution in [2.45, 2.75) is 27.2 Å². The van der Waals surface area contributed by atoms with Gasteiger partial charge in [-0.1, -0.05) is 32.9 Å². The smallest absolute Gasteiger partial charge is 0.319 e. The van der Waals surface area contributed by atoms with Crippen molar-refractivity contribution in [1.29, 1.82) is 0 Å². The van der Waals surface area contributed by atoms with Gasteiger partial charge in [0, 0.05) is 13.6 Å². The molecule has 0 radical (unpaired) electrons. The van der Waals surface area contributed by atoms with Gasteiger partial charge in [-0.2, -0.15) is 0 Å². The minimum absolute atomic E-state index is 0.0143. The fourth-order valence-corrected chi connectivity index (χ4v) is 2.16. The molecule has 1 rings (SSSR count). The number of amides is 2. The number of sulfonamides is 1. The topological polar surface area (TPSA) is 78.5 Å². The Morgan fingerprint density at radius 1 is 1.27 bits per heavy atom. The average Bonchev–Trinajstić information content (AvgIpc) is 2.44. The Balaban J connectivity index is 2.84. The Morgan fingerprint density at radius 3 is 2.41 bits per heavy atom. The van der Waals surface area contributed by atoms with E-state index in [1.165, 1.54) is 7.05 Å². The van der Waals surface area contributed by atoms with Crippen molar-refractivity contribution < 1.29 is 13.2 Å².